The number of carbonyl (C=O) groups excluding carboxylic acids is 1. The maximum absolute atomic E-state index is 13.9. The minimum Gasteiger partial charge on any atom is -0.350 e. The number of alkyl halides is 3. The molecule has 2 aromatic carbocycles. The summed E-state index contributed by atoms with van der Waals surface area (Å²) in [7, 11) is -4.22. The van der Waals surface area contributed by atoms with E-state index in [1.807, 2.05) is 0 Å². The molecule has 0 atom stereocenters. The van der Waals surface area contributed by atoms with E-state index in [0.717, 1.165) is 16.4 Å². The first-order chi connectivity index (χ1) is 15.0. The number of sulfonamides is 1. The van der Waals surface area contributed by atoms with Crippen LogP contribution in [0, 0.1) is 5.82 Å². The van der Waals surface area contributed by atoms with Crippen LogP contribution in [0.4, 0.5) is 17.6 Å². The number of hydrogen-bond donors (Lipinski definition) is 1. The molecule has 0 bridgehead atoms. The van der Waals surface area contributed by atoms with E-state index in [4.69, 9.17) is 11.6 Å². The Bertz CT molecular complexity index is 1300. The number of aromatic nitrogens is 1. The van der Waals surface area contributed by atoms with E-state index in [1.54, 1.807) is 6.07 Å². The molecule has 12 heteroatoms. The van der Waals surface area contributed by atoms with Crippen molar-refractivity contribution in [3.8, 4) is 0 Å². The van der Waals surface area contributed by atoms with Crippen LogP contribution in [0.1, 0.15) is 16.1 Å². The van der Waals surface area contributed by atoms with E-state index in [9.17, 15) is 30.8 Å². The Hall–Kier alpha value is -2.63. The lowest BCUT2D eigenvalue weighted by molar-refractivity contribution is -0.137. The van der Waals surface area contributed by atoms with Gasteiger partial charge >= 0.3 is 6.18 Å². The SMILES string of the molecule is O=C(c1cc2c(F)cccc2[nH]1)N1CCN(S(=O)(=O)c2ccc(Cl)c(C(F)(F)F)c2)CC1. The maximum Gasteiger partial charge on any atom is 0.417 e. The van der Waals surface area contributed by atoms with Crippen molar-refractivity contribution in [3.63, 3.8) is 0 Å². The van der Waals surface area contributed by atoms with E-state index < -0.39 is 43.4 Å². The fourth-order valence-electron chi connectivity index (χ4n) is 3.57. The van der Waals surface area contributed by atoms with Gasteiger partial charge in [-0.05, 0) is 36.4 Å². The highest BCUT2D eigenvalue weighted by molar-refractivity contribution is 7.89. The Kier molecular flexibility index (Phi) is 5.68. The molecule has 170 valence electrons. The number of fused-ring (bicyclic) bond motifs is 1. The Morgan fingerprint density at radius 1 is 1.03 bits per heavy atom. The van der Waals surface area contributed by atoms with Crippen molar-refractivity contribution < 1.29 is 30.8 Å². The zero-order valence-corrected chi connectivity index (χ0v) is 17.9. The predicted molar refractivity (Wildman–Crippen MR) is 109 cm³/mol. The van der Waals surface area contributed by atoms with Gasteiger partial charge in [0, 0.05) is 37.1 Å². The van der Waals surface area contributed by atoms with Crippen molar-refractivity contribution >= 4 is 38.4 Å². The highest BCUT2D eigenvalue weighted by atomic mass is 35.5. The summed E-state index contributed by atoms with van der Waals surface area (Å²) in [4.78, 5) is 16.5. The molecule has 2 heterocycles. The van der Waals surface area contributed by atoms with Gasteiger partial charge in [-0.2, -0.15) is 17.5 Å². The molecule has 4 rings (SSSR count). The number of piperazine rings is 1. The van der Waals surface area contributed by atoms with E-state index >= 15 is 0 Å². The molecule has 0 radical (unpaired) electrons. The average Bonchev–Trinajstić information content (AvgIpc) is 3.18. The van der Waals surface area contributed by atoms with Gasteiger partial charge in [0.25, 0.3) is 5.91 Å². The number of nitrogens with zero attached hydrogens (tertiary/aromatic N) is 2. The zero-order valence-electron chi connectivity index (χ0n) is 16.3. The van der Waals surface area contributed by atoms with Gasteiger partial charge in [0.05, 0.1) is 15.5 Å². The number of nitrogens with one attached hydrogen (secondary N) is 1. The number of benzene rings is 2. The van der Waals surface area contributed by atoms with Crippen molar-refractivity contribution in [2.24, 2.45) is 0 Å². The summed E-state index contributed by atoms with van der Waals surface area (Å²) in [6, 6.07) is 8.22. The normalized spacial score (nSPS) is 16.0. The third-order valence-corrected chi connectivity index (χ3v) is 7.47. The summed E-state index contributed by atoms with van der Waals surface area (Å²) >= 11 is 5.57. The second-order valence-corrected chi connectivity index (χ2v) is 9.56. The molecule has 0 saturated carbocycles. The van der Waals surface area contributed by atoms with Crippen molar-refractivity contribution in [3.05, 3.63) is 64.6 Å². The average molecular weight is 490 g/mol. The number of hydrogen-bond acceptors (Lipinski definition) is 3. The number of halogens is 5. The van der Waals surface area contributed by atoms with Crippen molar-refractivity contribution in [2.45, 2.75) is 11.1 Å². The topological polar surface area (TPSA) is 73.5 Å². The first kappa shape index (κ1) is 22.6. The second-order valence-electron chi connectivity index (χ2n) is 7.22. The number of H-pyrrole nitrogens is 1. The van der Waals surface area contributed by atoms with Crippen LogP contribution in [0.3, 0.4) is 0 Å². The lowest BCUT2D eigenvalue weighted by atomic mass is 10.2. The summed E-state index contributed by atoms with van der Waals surface area (Å²) in [6.07, 6.45) is -4.80. The number of carbonyl (C=O) groups is 1. The molecular weight excluding hydrogens is 474 g/mol. The van der Waals surface area contributed by atoms with Crippen LogP contribution in [0.15, 0.2) is 47.4 Å². The highest BCUT2D eigenvalue weighted by Crippen LogP contribution is 2.36. The maximum atomic E-state index is 13.9. The summed E-state index contributed by atoms with van der Waals surface area (Å²) in [5, 5.41) is -0.332. The standard InChI is InChI=1S/C20H16ClF4N3O3S/c21-15-5-4-12(10-14(15)20(23,24)25)32(30,31)28-8-6-27(7-9-28)19(29)18-11-13-16(22)2-1-3-17(13)26-18/h1-5,10-11,26H,6-9H2. The second kappa shape index (κ2) is 8.05. The molecule has 1 saturated heterocycles. The molecule has 6 nitrogen and oxygen atoms in total. The summed E-state index contributed by atoms with van der Waals surface area (Å²) in [5.74, 6) is -0.904. The van der Waals surface area contributed by atoms with Gasteiger partial charge in [-0.3, -0.25) is 4.79 Å². The molecule has 1 N–H and O–H groups in total. The Morgan fingerprint density at radius 2 is 1.72 bits per heavy atom. The Morgan fingerprint density at radius 3 is 2.34 bits per heavy atom. The molecule has 1 amide bonds. The minimum atomic E-state index is -4.80. The molecule has 3 aromatic rings. The molecule has 1 fully saturated rings. The van der Waals surface area contributed by atoms with Crippen molar-refractivity contribution in [2.75, 3.05) is 26.2 Å². The fourth-order valence-corrected chi connectivity index (χ4v) is 5.24. The molecule has 0 unspecified atom stereocenters. The van der Waals surface area contributed by atoms with Gasteiger partial charge in [0.2, 0.25) is 10.0 Å². The Labute approximate surface area is 185 Å². The first-order valence-electron chi connectivity index (χ1n) is 9.42. The lowest BCUT2D eigenvalue weighted by Gasteiger charge is -2.33. The number of aromatic amines is 1. The monoisotopic (exact) mass is 489 g/mol. The van der Waals surface area contributed by atoms with Gasteiger partial charge in [0.1, 0.15) is 11.5 Å². The largest absolute Gasteiger partial charge is 0.417 e. The van der Waals surface area contributed by atoms with Crippen molar-refractivity contribution in [1.82, 2.24) is 14.2 Å². The number of rotatable bonds is 3. The van der Waals surface area contributed by atoms with Crippen LogP contribution in [0.5, 0.6) is 0 Å². The van der Waals surface area contributed by atoms with Crippen LogP contribution in [0.25, 0.3) is 10.9 Å². The number of amides is 1. The third-order valence-electron chi connectivity index (χ3n) is 5.25. The smallest absolute Gasteiger partial charge is 0.350 e. The van der Waals surface area contributed by atoms with E-state index in [-0.39, 0.29) is 37.3 Å². The van der Waals surface area contributed by atoms with Crippen LogP contribution in [-0.2, 0) is 16.2 Å². The van der Waals surface area contributed by atoms with Crippen LogP contribution < -0.4 is 0 Å². The molecule has 1 aromatic heterocycles. The molecule has 32 heavy (non-hydrogen) atoms. The molecule has 1 aliphatic heterocycles. The lowest BCUT2D eigenvalue weighted by Crippen LogP contribution is -2.50. The predicted octanol–water partition coefficient (Wildman–Crippen LogP) is 4.13. The first-order valence-corrected chi connectivity index (χ1v) is 11.2. The molecular formula is C20H16ClF4N3O3S. The van der Waals surface area contributed by atoms with Crippen LogP contribution in [-0.4, -0.2) is 54.7 Å². The molecule has 0 spiro atoms. The van der Waals surface area contributed by atoms with E-state index in [1.165, 1.54) is 23.1 Å². The van der Waals surface area contributed by atoms with Gasteiger partial charge in [-0.1, -0.05) is 17.7 Å². The zero-order chi connectivity index (χ0) is 23.3. The molecule has 1 aliphatic rings. The van der Waals surface area contributed by atoms with E-state index in [2.05, 4.69) is 4.98 Å². The Balaban J connectivity index is 1.50. The minimum absolute atomic E-state index is 0.0234. The van der Waals surface area contributed by atoms with Gasteiger partial charge < -0.3 is 9.88 Å². The fraction of sp³-hybridized carbons (Fsp3) is 0.250. The van der Waals surface area contributed by atoms with Gasteiger partial charge in [-0.25, -0.2) is 12.8 Å². The van der Waals surface area contributed by atoms with Crippen molar-refractivity contribution in [1.29, 1.82) is 0 Å². The van der Waals surface area contributed by atoms with Crippen LogP contribution >= 0.6 is 11.6 Å². The molecule has 0 aliphatic carbocycles. The summed E-state index contributed by atoms with van der Waals surface area (Å²) < 4.78 is 79.9. The summed E-state index contributed by atoms with van der Waals surface area (Å²) in [5.41, 5.74) is -0.619. The van der Waals surface area contributed by atoms with Gasteiger partial charge in [0.15, 0.2) is 0 Å². The van der Waals surface area contributed by atoms with Gasteiger partial charge in [-0.15, -0.1) is 0 Å². The highest BCUT2D eigenvalue weighted by Gasteiger charge is 2.36. The quantitative estimate of drug-likeness (QED) is 0.562. The van der Waals surface area contributed by atoms with Crippen LogP contribution in [0.2, 0.25) is 5.02 Å². The van der Waals surface area contributed by atoms with E-state index in [0.29, 0.717) is 11.6 Å². The third kappa shape index (κ3) is 4.07. The summed E-state index contributed by atoms with van der Waals surface area (Å²) in [6.45, 7) is -0.162.